The topological polar surface area (TPSA) is 38.5 Å². The molecular weight excluding hydrogens is 287 g/mol. The molecule has 0 spiro atoms. The Morgan fingerprint density at radius 1 is 1.38 bits per heavy atom. The van der Waals surface area contributed by atoms with Crippen LogP contribution in [0.2, 0.25) is 0 Å². The lowest BCUT2D eigenvalue weighted by molar-refractivity contribution is 0.192. The van der Waals surface area contributed by atoms with Gasteiger partial charge in [0, 0.05) is 23.5 Å². The van der Waals surface area contributed by atoms with Gasteiger partial charge in [-0.25, -0.2) is 4.39 Å². The third kappa shape index (κ3) is 3.43. The summed E-state index contributed by atoms with van der Waals surface area (Å²) in [5, 5.41) is 2.06. The second kappa shape index (κ2) is 7.02. The Bertz CT molecular complexity index is 574. The number of hydrogen-bond acceptors (Lipinski definition) is 4. The van der Waals surface area contributed by atoms with Crippen LogP contribution < -0.4 is 10.5 Å². The molecule has 5 heteroatoms. The van der Waals surface area contributed by atoms with E-state index in [9.17, 15) is 4.39 Å². The first kappa shape index (κ1) is 15.9. The van der Waals surface area contributed by atoms with E-state index in [2.05, 4.69) is 23.3 Å². The number of rotatable bonds is 6. The van der Waals surface area contributed by atoms with Crippen LogP contribution in [0.3, 0.4) is 0 Å². The van der Waals surface area contributed by atoms with E-state index in [1.54, 1.807) is 17.4 Å². The maximum absolute atomic E-state index is 13.9. The summed E-state index contributed by atoms with van der Waals surface area (Å²) in [6.07, 6.45) is 0. The highest BCUT2D eigenvalue weighted by Gasteiger charge is 2.23. The fourth-order valence-corrected chi connectivity index (χ4v) is 3.26. The molecule has 2 atom stereocenters. The van der Waals surface area contributed by atoms with Crippen molar-refractivity contribution in [2.75, 3.05) is 20.7 Å². The van der Waals surface area contributed by atoms with Crippen molar-refractivity contribution in [1.82, 2.24) is 4.90 Å². The van der Waals surface area contributed by atoms with Gasteiger partial charge in [0.1, 0.15) is 0 Å². The number of benzene rings is 1. The molecule has 21 heavy (non-hydrogen) atoms. The minimum Gasteiger partial charge on any atom is -0.494 e. The molecule has 0 aliphatic heterocycles. The highest BCUT2D eigenvalue weighted by atomic mass is 32.1. The molecular formula is C16H21FN2OS. The summed E-state index contributed by atoms with van der Waals surface area (Å²) >= 11 is 1.72. The number of thiophene rings is 1. The summed E-state index contributed by atoms with van der Waals surface area (Å²) in [6.45, 7) is 2.56. The summed E-state index contributed by atoms with van der Waals surface area (Å²) in [7, 11) is 3.48. The normalized spacial score (nSPS) is 14.2. The fraction of sp³-hybridized carbons (Fsp3) is 0.375. The Morgan fingerprint density at radius 2 is 2.14 bits per heavy atom. The Kier molecular flexibility index (Phi) is 5.33. The monoisotopic (exact) mass is 308 g/mol. The fourth-order valence-electron chi connectivity index (χ4n) is 2.43. The Hall–Kier alpha value is -1.43. The van der Waals surface area contributed by atoms with Crippen molar-refractivity contribution in [2.24, 2.45) is 5.73 Å². The molecule has 0 aliphatic carbocycles. The molecule has 2 aromatic rings. The number of nitrogens with zero attached hydrogens (tertiary/aromatic N) is 1. The largest absolute Gasteiger partial charge is 0.494 e. The van der Waals surface area contributed by atoms with Crippen molar-refractivity contribution in [2.45, 2.75) is 19.0 Å². The van der Waals surface area contributed by atoms with Crippen molar-refractivity contribution in [3.05, 3.63) is 52.0 Å². The van der Waals surface area contributed by atoms with Crippen molar-refractivity contribution in [3.63, 3.8) is 0 Å². The number of hydrogen-bond donors (Lipinski definition) is 1. The predicted molar refractivity (Wildman–Crippen MR) is 85.2 cm³/mol. The van der Waals surface area contributed by atoms with Gasteiger partial charge >= 0.3 is 0 Å². The summed E-state index contributed by atoms with van der Waals surface area (Å²) in [5.74, 6) is -0.103. The quantitative estimate of drug-likeness (QED) is 0.886. The molecule has 3 nitrogen and oxygen atoms in total. The molecule has 2 N–H and O–H groups in total. The average Bonchev–Trinajstić information content (AvgIpc) is 3.01. The van der Waals surface area contributed by atoms with Crippen LogP contribution in [0.25, 0.3) is 0 Å². The Labute approximate surface area is 129 Å². The summed E-state index contributed by atoms with van der Waals surface area (Å²) < 4.78 is 18.9. The first-order valence-electron chi connectivity index (χ1n) is 6.87. The van der Waals surface area contributed by atoms with Crippen LogP contribution >= 0.6 is 11.3 Å². The van der Waals surface area contributed by atoms with Gasteiger partial charge in [0.05, 0.1) is 7.11 Å². The smallest absolute Gasteiger partial charge is 0.165 e. The van der Waals surface area contributed by atoms with Gasteiger partial charge in [-0.15, -0.1) is 11.3 Å². The first-order chi connectivity index (χ1) is 10.1. The molecule has 1 heterocycles. The molecule has 0 saturated carbocycles. The SMILES string of the molecule is COc1ccc(C(CN)N(C)C(C)c2cccs2)cc1F. The zero-order chi connectivity index (χ0) is 15.4. The zero-order valence-electron chi connectivity index (χ0n) is 12.5. The van der Waals surface area contributed by atoms with Crippen molar-refractivity contribution >= 4 is 11.3 Å². The minimum atomic E-state index is -0.356. The summed E-state index contributed by atoms with van der Waals surface area (Å²) in [4.78, 5) is 3.44. The third-order valence-electron chi connectivity index (χ3n) is 3.84. The van der Waals surface area contributed by atoms with E-state index in [0.29, 0.717) is 6.54 Å². The van der Waals surface area contributed by atoms with E-state index in [1.807, 2.05) is 19.2 Å². The minimum absolute atomic E-state index is 0.0393. The maximum atomic E-state index is 13.9. The molecule has 0 radical (unpaired) electrons. The molecule has 1 aromatic heterocycles. The van der Waals surface area contributed by atoms with Crippen LogP contribution in [0.4, 0.5) is 4.39 Å². The molecule has 2 rings (SSSR count). The summed E-state index contributed by atoms with van der Waals surface area (Å²) in [6, 6.07) is 9.36. The number of likely N-dealkylation sites (N-methyl/N-ethyl adjacent to an activating group) is 1. The van der Waals surface area contributed by atoms with Crippen LogP contribution in [0.5, 0.6) is 5.75 Å². The second-order valence-corrected chi connectivity index (χ2v) is 5.98. The van der Waals surface area contributed by atoms with Gasteiger partial charge in [-0.2, -0.15) is 0 Å². The van der Waals surface area contributed by atoms with Gasteiger partial charge in [-0.05, 0) is 43.1 Å². The number of halogens is 1. The zero-order valence-corrected chi connectivity index (χ0v) is 13.4. The molecule has 0 aliphatic rings. The van der Waals surface area contributed by atoms with Gasteiger partial charge in [-0.3, -0.25) is 4.90 Å². The van der Waals surface area contributed by atoms with E-state index in [1.165, 1.54) is 18.1 Å². The van der Waals surface area contributed by atoms with Crippen LogP contribution in [0, 0.1) is 5.82 Å². The Balaban J connectivity index is 2.24. The first-order valence-corrected chi connectivity index (χ1v) is 7.75. The number of methoxy groups -OCH3 is 1. The highest BCUT2D eigenvalue weighted by Crippen LogP contribution is 2.31. The molecule has 0 saturated heterocycles. The lowest BCUT2D eigenvalue weighted by Crippen LogP contribution is -2.32. The Morgan fingerprint density at radius 3 is 2.67 bits per heavy atom. The van der Waals surface area contributed by atoms with Crippen LogP contribution in [0.15, 0.2) is 35.7 Å². The van der Waals surface area contributed by atoms with E-state index in [0.717, 1.165) is 5.56 Å². The van der Waals surface area contributed by atoms with Crippen LogP contribution in [0.1, 0.15) is 29.4 Å². The van der Waals surface area contributed by atoms with Gasteiger partial charge < -0.3 is 10.5 Å². The molecule has 2 unspecified atom stereocenters. The maximum Gasteiger partial charge on any atom is 0.165 e. The standard InChI is InChI=1S/C16H21FN2OS/c1-11(16-5-4-8-21-16)19(2)14(10-18)12-6-7-15(20-3)13(17)9-12/h4-9,11,14H,10,18H2,1-3H3. The van der Waals surface area contributed by atoms with Gasteiger partial charge in [0.15, 0.2) is 11.6 Å². The average molecular weight is 308 g/mol. The van der Waals surface area contributed by atoms with Gasteiger partial charge in [0.2, 0.25) is 0 Å². The molecule has 0 amide bonds. The van der Waals surface area contributed by atoms with Crippen molar-refractivity contribution < 1.29 is 9.13 Å². The molecule has 0 bridgehead atoms. The van der Waals surface area contributed by atoms with Crippen molar-refractivity contribution in [3.8, 4) is 5.75 Å². The molecule has 114 valence electrons. The highest BCUT2D eigenvalue weighted by molar-refractivity contribution is 7.10. The van der Waals surface area contributed by atoms with E-state index >= 15 is 0 Å². The van der Waals surface area contributed by atoms with Crippen LogP contribution in [-0.2, 0) is 0 Å². The molecule has 1 aromatic carbocycles. The van der Waals surface area contributed by atoms with Crippen LogP contribution in [-0.4, -0.2) is 25.6 Å². The van der Waals surface area contributed by atoms with Gasteiger partial charge in [-0.1, -0.05) is 12.1 Å². The van der Waals surface area contributed by atoms with E-state index in [-0.39, 0.29) is 23.7 Å². The molecule has 0 fully saturated rings. The summed E-state index contributed by atoms with van der Waals surface area (Å²) in [5.41, 5.74) is 6.79. The van der Waals surface area contributed by atoms with E-state index < -0.39 is 0 Å². The number of ether oxygens (including phenoxy) is 1. The lowest BCUT2D eigenvalue weighted by Gasteiger charge is -2.32. The van der Waals surface area contributed by atoms with E-state index in [4.69, 9.17) is 10.5 Å². The van der Waals surface area contributed by atoms with Crippen molar-refractivity contribution in [1.29, 1.82) is 0 Å². The third-order valence-corrected chi connectivity index (χ3v) is 4.88. The predicted octanol–water partition coefficient (Wildman–Crippen LogP) is 3.59. The van der Waals surface area contributed by atoms with Gasteiger partial charge in [0.25, 0.3) is 0 Å². The second-order valence-electron chi connectivity index (χ2n) is 5.00. The lowest BCUT2D eigenvalue weighted by atomic mass is 10.0. The number of nitrogens with two attached hydrogens (primary N) is 1.